The quantitative estimate of drug-likeness (QED) is 0.0495. The summed E-state index contributed by atoms with van der Waals surface area (Å²) >= 11 is 0. The van der Waals surface area contributed by atoms with Crippen molar-refractivity contribution in [1.29, 1.82) is 0 Å². The van der Waals surface area contributed by atoms with Crippen LogP contribution in [0.5, 0.6) is 0 Å². The maximum atomic E-state index is 15.7. The number of nitrogens with one attached hydrogen (secondary N) is 1. The lowest BCUT2D eigenvalue weighted by Crippen LogP contribution is -2.53. The number of fused-ring (bicyclic) bond motifs is 4. The van der Waals surface area contributed by atoms with E-state index in [0.29, 0.717) is 25.7 Å². The molecule has 4 fully saturated rings. The summed E-state index contributed by atoms with van der Waals surface area (Å²) in [6, 6.07) is 5.14. The molecule has 2 unspecified atom stereocenters. The molecule has 5 aliphatic rings. The van der Waals surface area contributed by atoms with Crippen LogP contribution in [-0.2, 0) is 45.5 Å². The van der Waals surface area contributed by atoms with Gasteiger partial charge in [-0.3, -0.25) is 4.79 Å². The zero-order valence-corrected chi connectivity index (χ0v) is 36.9. The molecule has 0 radical (unpaired) electrons. The van der Waals surface area contributed by atoms with Crippen molar-refractivity contribution < 1.29 is 95.5 Å². The van der Waals surface area contributed by atoms with Gasteiger partial charge in [-0.05, 0) is 41.9 Å². The summed E-state index contributed by atoms with van der Waals surface area (Å²) in [5.41, 5.74) is 6.03. The Kier molecular flexibility index (Phi) is 14.2. The van der Waals surface area contributed by atoms with E-state index in [1.807, 2.05) is 0 Å². The second kappa shape index (κ2) is 19.6. The van der Waals surface area contributed by atoms with Crippen LogP contribution in [-0.4, -0.2) is 134 Å². The van der Waals surface area contributed by atoms with Gasteiger partial charge in [0.2, 0.25) is 11.5 Å². The first-order chi connectivity index (χ1) is 33.1. The first-order valence-corrected chi connectivity index (χ1v) is 21.8. The third-order valence-corrected chi connectivity index (χ3v) is 12.4. The van der Waals surface area contributed by atoms with Gasteiger partial charge in [0, 0.05) is 67.5 Å². The number of furan rings is 2. The molecule has 4 aromatic rings. The fourth-order valence-electron chi connectivity index (χ4n) is 9.04. The molecular formula is C43H44F10N6O11. The predicted molar refractivity (Wildman–Crippen MR) is 222 cm³/mol. The molecule has 9 rings (SSSR count). The van der Waals surface area contributed by atoms with Crippen molar-refractivity contribution in [2.45, 2.75) is 73.7 Å². The third-order valence-electron chi connectivity index (χ3n) is 12.4. The van der Waals surface area contributed by atoms with Crippen LogP contribution >= 0.6 is 0 Å². The van der Waals surface area contributed by atoms with Gasteiger partial charge in [0.1, 0.15) is 23.4 Å². The van der Waals surface area contributed by atoms with Crippen LogP contribution in [0.4, 0.5) is 55.3 Å². The van der Waals surface area contributed by atoms with E-state index in [1.54, 1.807) is 0 Å². The van der Waals surface area contributed by atoms with E-state index in [-0.39, 0.29) is 111 Å². The molecule has 0 saturated carbocycles. The van der Waals surface area contributed by atoms with Gasteiger partial charge in [-0.2, -0.15) is 26.3 Å². The average molecular weight is 1010 g/mol. The highest BCUT2D eigenvalue weighted by atomic mass is 19.4. The van der Waals surface area contributed by atoms with Gasteiger partial charge in [0.05, 0.1) is 82.3 Å². The Bertz CT molecular complexity index is 2610. The fraction of sp³-hybridized carbons (Fsp3) is 0.581. The number of carbonyl (C=O) groups excluding carboxylic acids is 2. The Morgan fingerprint density at radius 3 is 1.90 bits per heavy atom. The van der Waals surface area contributed by atoms with Crippen molar-refractivity contribution in [3.63, 3.8) is 0 Å². The number of halogens is 10. The lowest BCUT2D eigenvalue weighted by molar-refractivity contribution is -0.255. The maximum Gasteiger partial charge on any atom is 0.416 e. The number of alkyl halides is 10. The van der Waals surface area contributed by atoms with Crippen LogP contribution in [0, 0.1) is 0 Å². The standard InChI is InChI=1S/C22H23F5N4O6.C21H21F5N2O5/c1-33-19(32)18-17(14-10-13(22(25,26)27)2-3-15(14)37-18)31(6-5-29-30-28)12-21(23,24)16-11-20(4-7-34-16)35-8-9-36-20;22-20(23,15-10-19(3-6-30-15)31-7-8-32-19)11-28-5-4-27-18(29)17-16(28)13-9-12(21(24,25)26)1-2-14(13)33-17/h2-3,10,16H,4-9,11-12H2,1H3;1-2,9,15H,3-8,10-11H2,(H,27,29). The number of hydrogen-bond donors (Lipinski definition) is 1. The average Bonchev–Trinajstić information content (AvgIpc) is 4.11. The number of azide groups is 1. The summed E-state index contributed by atoms with van der Waals surface area (Å²) in [6.07, 6.45) is -12.4. The second-order valence-corrected chi connectivity index (χ2v) is 16.9. The van der Waals surface area contributed by atoms with Crippen molar-refractivity contribution in [2.24, 2.45) is 5.11 Å². The van der Waals surface area contributed by atoms with Gasteiger partial charge < -0.3 is 57.1 Å². The van der Waals surface area contributed by atoms with Crippen LogP contribution in [0.25, 0.3) is 32.4 Å². The van der Waals surface area contributed by atoms with E-state index in [2.05, 4.69) is 20.1 Å². The van der Waals surface area contributed by atoms with Gasteiger partial charge in [0.25, 0.3) is 17.8 Å². The number of esters is 1. The first kappa shape index (κ1) is 50.8. The number of benzene rings is 2. The lowest BCUT2D eigenvalue weighted by Gasteiger charge is -2.40. The molecule has 1 N–H and O–H groups in total. The third kappa shape index (κ3) is 10.6. The molecule has 0 bridgehead atoms. The molecule has 382 valence electrons. The van der Waals surface area contributed by atoms with Gasteiger partial charge >= 0.3 is 18.3 Å². The lowest BCUT2D eigenvalue weighted by atomic mass is 9.97. The van der Waals surface area contributed by atoms with E-state index >= 15 is 17.6 Å². The zero-order chi connectivity index (χ0) is 50.3. The molecule has 2 aromatic carbocycles. The highest BCUT2D eigenvalue weighted by Crippen LogP contribution is 2.45. The molecule has 5 aliphatic heterocycles. The Morgan fingerprint density at radius 2 is 1.36 bits per heavy atom. The summed E-state index contributed by atoms with van der Waals surface area (Å²) in [4.78, 5) is 29.6. The number of carbonyl (C=O) groups is 2. The summed E-state index contributed by atoms with van der Waals surface area (Å²) in [6.45, 7) is -1.65. The number of nitrogens with zero attached hydrogens (tertiary/aromatic N) is 5. The topological polar surface area (TPSA) is 192 Å². The van der Waals surface area contributed by atoms with Gasteiger partial charge in [-0.1, -0.05) is 5.11 Å². The predicted octanol–water partition coefficient (Wildman–Crippen LogP) is 8.47. The summed E-state index contributed by atoms with van der Waals surface area (Å²) in [5, 5.41) is 5.58. The highest BCUT2D eigenvalue weighted by Gasteiger charge is 2.54. The molecule has 17 nitrogen and oxygen atoms in total. The van der Waals surface area contributed by atoms with E-state index in [9.17, 15) is 35.9 Å². The Balaban J connectivity index is 0.000000189. The monoisotopic (exact) mass is 1010 g/mol. The van der Waals surface area contributed by atoms with Gasteiger partial charge in [0.15, 0.2) is 11.6 Å². The van der Waals surface area contributed by atoms with E-state index < -0.39 is 89.8 Å². The fourth-order valence-corrected chi connectivity index (χ4v) is 9.04. The van der Waals surface area contributed by atoms with Crippen molar-refractivity contribution in [1.82, 2.24) is 5.32 Å². The van der Waals surface area contributed by atoms with Gasteiger partial charge in [-0.25, -0.2) is 22.4 Å². The summed E-state index contributed by atoms with van der Waals surface area (Å²) < 4.78 is 191. The Labute approximate surface area is 389 Å². The molecular weight excluding hydrogens is 966 g/mol. The molecule has 7 heterocycles. The summed E-state index contributed by atoms with van der Waals surface area (Å²) in [7, 11) is 1.01. The molecule has 0 aliphatic carbocycles. The molecule has 4 saturated heterocycles. The van der Waals surface area contributed by atoms with Crippen LogP contribution in [0.3, 0.4) is 0 Å². The minimum Gasteiger partial charge on any atom is -0.463 e. The summed E-state index contributed by atoms with van der Waals surface area (Å²) in [5.74, 6) is -12.0. The number of rotatable bonds is 11. The molecule has 70 heavy (non-hydrogen) atoms. The van der Waals surface area contributed by atoms with Crippen LogP contribution in [0.2, 0.25) is 0 Å². The van der Waals surface area contributed by atoms with Crippen LogP contribution in [0.1, 0.15) is 57.9 Å². The molecule has 27 heteroatoms. The second-order valence-electron chi connectivity index (χ2n) is 16.9. The number of hydrogen-bond acceptors (Lipinski definition) is 14. The molecule has 2 atom stereocenters. The minimum absolute atomic E-state index is 0.000934. The van der Waals surface area contributed by atoms with Crippen molar-refractivity contribution in [3.8, 4) is 0 Å². The maximum absolute atomic E-state index is 15.7. The highest BCUT2D eigenvalue weighted by molar-refractivity contribution is 6.07. The van der Waals surface area contributed by atoms with E-state index in [0.717, 1.165) is 42.3 Å². The van der Waals surface area contributed by atoms with E-state index in [1.165, 1.54) is 4.90 Å². The SMILES string of the molecule is COC(=O)c1oc2ccc(C(F)(F)F)cc2c1N(CCN=[N+]=[N-])CC(F)(F)C1CC2(CCO1)OCCO2.O=C1NCCN(CC(F)(F)C2CC3(CCO2)OCCO3)c2c1oc1ccc(C(F)(F)F)cc21. The minimum atomic E-state index is -4.75. The molecule has 1 amide bonds. The molecule has 2 spiro atoms. The smallest absolute Gasteiger partial charge is 0.416 e. The molecule has 2 aromatic heterocycles. The largest absolute Gasteiger partial charge is 0.463 e. The first-order valence-electron chi connectivity index (χ1n) is 21.8. The Morgan fingerprint density at radius 1 is 0.814 bits per heavy atom. The number of anilines is 2. The Hall–Kier alpha value is -5.57. The van der Waals surface area contributed by atoms with Crippen LogP contribution < -0.4 is 15.1 Å². The normalized spacial score (nSPS) is 21.5. The number of methoxy groups -OCH3 is 1. The van der Waals surface area contributed by atoms with Crippen molar-refractivity contribution in [3.05, 3.63) is 69.5 Å². The van der Waals surface area contributed by atoms with Crippen molar-refractivity contribution >= 4 is 45.2 Å². The number of amides is 1. The number of ether oxygens (including phenoxy) is 7. The van der Waals surface area contributed by atoms with Crippen LogP contribution in [0.15, 0.2) is 50.3 Å². The zero-order valence-electron chi connectivity index (χ0n) is 36.9. The van der Waals surface area contributed by atoms with Gasteiger partial charge in [-0.15, -0.1) is 0 Å². The van der Waals surface area contributed by atoms with Crippen molar-refractivity contribution in [2.75, 3.05) is 95.8 Å². The van der Waals surface area contributed by atoms with E-state index in [4.69, 9.17) is 42.8 Å².